The Morgan fingerprint density at radius 1 is 1.09 bits per heavy atom. The van der Waals surface area contributed by atoms with Crippen LogP contribution >= 0.6 is 11.3 Å². The Labute approximate surface area is 206 Å². The number of aromatic nitrogens is 1. The number of hydrogen-bond acceptors (Lipinski definition) is 7. The molecule has 1 aliphatic carbocycles. The van der Waals surface area contributed by atoms with E-state index in [4.69, 9.17) is 10.5 Å². The van der Waals surface area contributed by atoms with Crippen molar-refractivity contribution in [3.05, 3.63) is 71.1 Å². The standard InChI is InChI=1S/C25H25N5O4S/c26-21(16-4-2-1-3-5-16)24(33)30-14-34-12-20(30)23(32)29-25-28-19(13-35-25)15-6-8-17(9-7-15)22(31)27-18-10-11-18/h1-9,13,18,20-21H,10-12,14,26H2,(H,27,31)(H,28,29,32)/t20-,21+/m0/s1. The van der Waals surface area contributed by atoms with Crippen molar-refractivity contribution in [2.24, 2.45) is 5.73 Å². The third-order valence-electron chi connectivity index (χ3n) is 5.98. The van der Waals surface area contributed by atoms with Gasteiger partial charge >= 0.3 is 0 Å². The number of nitrogens with two attached hydrogens (primary N) is 1. The molecule has 5 rings (SSSR count). The van der Waals surface area contributed by atoms with Gasteiger partial charge in [-0.1, -0.05) is 42.5 Å². The van der Waals surface area contributed by atoms with Crippen molar-refractivity contribution in [1.29, 1.82) is 0 Å². The molecule has 1 aliphatic heterocycles. The molecular formula is C25H25N5O4S. The van der Waals surface area contributed by atoms with Gasteiger partial charge in [0, 0.05) is 22.5 Å². The van der Waals surface area contributed by atoms with Crippen LogP contribution in [0.15, 0.2) is 60.0 Å². The number of nitrogens with zero attached hydrogens (tertiary/aromatic N) is 2. The first-order valence-corrected chi connectivity index (χ1v) is 12.2. The molecule has 0 radical (unpaired) electrons. The van der Waals surface area contributed by atoms with Crippen LogP contribution in [0.25, 0.3) is 11.3 Å². The van der Waals surface area contributed by atoms with Gasteiger partial charge in [-0.2, -0.15) is 0 Å². The maximum Gasteiger partial charge on any atom is 0.251 e. The molecule has 2 heterocycles. The minimum atomic E-state index is -0.881. The Bertz CT molecular complexity index is 1230. The molecule has 2 aliphatic rings. The highest BCUT2D eigenvalue weighted by Crippen LogP contribution is 2.27. The molecule has 2 fully saturated rings. The minimum Gasteiger partial charge on any atom is -0.358 e. The van der Waals surface area contributed by atoms with Crippen LogP contribution in [-0.4, -0.2) is 53.0 Å². The highest BCUT2D eigenvalue weighted by atomic mass is 32.1. The quantitative estimate of drug-likeness (QED) is 0.466. The first kappa shape index (κ1) is 23.2. The fourth-order valence-corrected chi connectivity index (χ4v) is 4.52. The monoisotopic (exact) mass is 491 g/mol. The molecule has 3 amide bonds. The number of thiazole rings is 1. The third-order valence-corrected chi connectivity index (χ3v) is 6.74. The molecule has 1 saturated heterocycles. The average Bonchev–Trinajstić information content (AvgIpc) is 3.36. The zero-order valence-electron chi connectivity index (χ0n) is 18.8. The Hall–Kier alpha value is -3.60. The van der Waals surface area contributed by atoms with Crippen LogP contribution in [0.4, 0.5) is 5.13 Å². The summed E-state index contributed by atoms with van der Waals surface area (Å²) in [6, 6.07) is 14.8. The van der Waals surface area contributed by atoms with Crippen LogP contribution in [0.2, 0.25) is 0 Å². The predicted molar refractivity (Wildman–Crippen MR) is 131 cm³/mol. The van der Waals surface area contributed by atoms with E-state index in [1.807, 2.05) is 35.7 Å². The number of nitrogens with one attached hydrogen (secondary N) is 2. The van der Waals surface area contributed by atoms with E-state index >= 15 is 0 Å². The van der Waals surface area contributed by atoms with Crippen LogP contribution < -0.4 is 16.4 Å². The van der Waals surface area contributed by atoms with Crippen LogP contribution in [0.3, 0.4) is 0 Å². The summed E-state index contributed by atoms with van der Waals surface area (Å²) in [4.78, 5) is 43.9. The average molecular weight is 492 g/mol. The summed E-state index contributed by atoms with van der Waals surface area (Å²) in [5, 5.41) is 7.99. The van der Waals surface area contributed by atoms with Crippen molar-refractivity contribution in [2.75, 3.05) is 18.7 Å². The molecule has 0 bridgehead atoms. The molecular weight excluding hydrogens is 466 g/mol. The molecule has 10 heteroatoms. The molecule has 4 N–H and O–H groups in total. The lowest BCUT2D eigenvalue weighted by Gasteiger charge is -2.24. The summed E-state index contributed by atoms with van der Waals surface area (Å²) >= 11 is 1.28. The fourth-order valence-electron chi connectivity index (χ4n) is 3.80. The number of rotatable bonds is 7. The Morgan fingerprint density at radius 3 is 2.54 bits per heavy atom. The van der Waals surface area contributed by atoms with Crippen molar-refractivity contribution >= 4 is 34.2 Å². The molecule has 2 atom stereocenters. The molecule has 1 saturated carbocycles. The SMILES string of the molecule is N[C@@H](C(=O)N1COC[C@H]1C(=O)Nc1nc(-c2ccc(C(=O)NC3CC3)cc2)cs1)c1ccccc1. The van der Waals surface area contributed by atoms with E-state index in [1.165, 1.54) is 16.2 Å². The topological polar surface area (TPSA) is 127 Å². The summed E-state index contributed by atoms with van der Waals surface area (Å²) in [7, 11) is 0. The second kappa shape index (κ2) is 9.95. The first-order valence-electron chi connectivity index (χ1n) is 11.4. The molecule has 2 aromatic carbocycles. The number of hydrogen-bond donors (Lipinski definition) is 3. The van der Waals surface area contributed by atoms with E-state index in [0.717, 1.165) is 18.4 Å². The van der Waals surface area contributed by atoms with E-state index in [2.05, 4.69) is 15.6 Å². The van der Waals surface area contributed by atoms with Crippen molar-refractivity contribution < 1.29 is 19.1 Å². The molecule has 9 nitrogen and oxygen atoms in total. The molecule has 3 aromatic rings. The van der Waals surface area contributed by atoms with Crippen molar-refractivity contribution in [1.82, 2.24) is 15.2 Å². The van der Waals surface area contributed by atoms with Gasteiger partial charge in [0.2, 0.25) is 5.91 Å². The lowest BCUT2D eigenvalue weighted by atomic mass is 10.1. The van der Waals surface area contributed by atoms with Gasteiger partial charge in [-0.3, -0.25) is 14.4 Å². The van der Waals surface area contributed by atoms with Gasteiger partial charge in [-0.15, -0.1) is 11.3 Å². The van der Waals surface area contributed by atoms with E-state index in [1.54, 1.807) is 24.3 Å². The van der Waals surface area contributed by atoms with Gasteiger partial charge in [0.15, 0.2) is 5.13 Å². The molecule has 0 unspecified atom stereocenters. The number of anilines is 1. The van der Waals surface area contributed by atoms with Gasteiger partial charge in [-0.05, 0) is 30.5 Å². The number of carbonyl (C=O) groups is 3. The van der Waals surface area contributed by atoms with Gasteiger partial charge < -0.3 is 26.0 Å². The Kier molecular flexibility index (Phi) is 6.58. The van der Waals surface area contributed by atoms with Crippen LogP contribution in [0, 0.1) is 0 Å². The molecule has 0 spiro atoms. The maximum absolute atomic E-state index is 12.9. The highest BCUT2D eigenvalue weighted by molar-refractivity contribution is 7.14. The first-order chi connectivity index (χ1) is 17.0. The lowest BCUT2D eigenvalue weighted by Crippen LogP contribution is -2.47. The molecule has 35 heavy (non-hydrogen) atoms. The predicted octanol–water partition coefficient (Wildman–Crippen LogP) is 2.53. The summed E-state index contributed by atoms with van der Waals surface area (Å²) in [6.07, 6.45) is 2.08. The molecule has 180 valence electrons. The van der Waals surface area contributed by atoms with E-state index in [9.17, 15) is 14.4 Å². The number of carbonyl (C=O) groups excluding carboxylic acids is 3. The summed E-state index contributed by atoms with van der Waals surface area (Å²) in [6.45, 7) is 0.0863. The zero-order valence-corrected chi connectivity index (χ0v) is 19.7. The zero-order chi connectivity index (χ0) is 24.4. The van der Waals surface area contributed by atoms with Gasteiger partial charge in [0.05, 0.1) is 12.3 Å². The van der Waals surface area contributed by atoms with Crippen molar-refractivity contribution in [3.8, 4) is 11.3 Å². The normalized spacial score (nSPS) is 18.2. The van der Waals surface area contributed by atoms with Crippen LogP contribution in [-0.2, 0) is 14.3 Å². The van der Waals surface area contributed by atoms with Crippen LogP contribution in [0.5, 0.6) is 0 Å². The third kappa shape index (κ3) is 5.24. The number of benzene rings is 2. The maximum atomic E-state index is 12.9. The van der Waals surface area contributed by atoms with Crippen molar-refractivity contribution in [2.45, 2.75) is 31.0 Å². The highest BCUT2D eigenvalue weighted by Gasteiger charge is 2.37. The van der Waals surface area contributed by atoms with E-state index in [0.29, 0.717) is 28.0 Å². The van der Waals surface area contributed by atoms with Gasteiger partial charge in [0.25, 0.3) is 11.8 Å². The second-order valence-corrected chi connectivity index (χ2v) is 9.42. The fraction of sp³-hybridized carbons (Fsp3) is 0.280. The van der Waals surface area contributed by atoms with Gasteiger partial charge in [0.1, 0.15) is 18.8 Å². The van der Waals surface area contributed by atoms with Crippen LogP contribution in [0.1, 0.15) is 34.8 Å². The summed E-state index contributed by atoms with van der Waals surface area (Å²) in [5.41, 5.74) is 8.93. The minimum absolute atomic E-state index is 0.00124. The second-order valence-electron chi connectivity index (χ2n) is 8.56. The van der Waals surface area contributed by atoms with E-state index < -0.39 is 12.1 Å². The lowest BCUT2D eigenvalue weighted by molar-refractivity contribution is -0.138. The number of amides is 3. The summed E-state index contributed by atoms with van der Waals surface area (Å²) in [5.74, 6) is -0.834. The van der Waals surface area contributed by atoms with Crippen molar-refractivity contribution in [3.63, 3.8) is 0 Å². The smallest absolute Gasteiger partial charge is 0.251 e. The van der Waals surface area contributed by atoms with E-state index in [-0.39, 0.29) is 31.1 Å². The molecule has 1 aromatic heterocycles. The summed E-state index contributed by atoms with van der Waals surface area (Å²) < 4.78 is 5.41. The number of ether oxygens (including phenoxy) is 1. The largest absolute Gasteiger partial charge is 0.358 e. The Morgan fingerprint density at radius 2 is 1.83 bits per heavy atom. The van der Waals surface area contributed by atoms with Gasteiger partial charge in [-0.25, -0.2) is 4.98 Å². The Balaban J connectivity index is 1.22.